The maximum atomic E-state index is 11.5. The van der Waals surface area contributed by atoms with Crippen LogP contribution in [0.2, 0.25) is 0 Å². The van der Waals surface area contributed by atoms with Gasteiger partial charge in [-0.15, -0.1) is 0 Å². The Hall–Kier alpha value is -1.01. The van der Waals surface area contributed by atoms with Crippen LogP contribution >= 0.6 is 11.8 Å². The SMILES string of the molecule is COC(=O)C(CSc1ncc[nH]1)NC(C)C. The number of thioether (sulfide) groups is 1. The van der Waals surface area contributed by atoms with Crippen LogP contribution < -0.4 is 5.32 Å². The van der Waals surface area contributed by atoms with Crippen LogP contribution in [0.5, 0.6) is 0 Å². The summed E-state index contributed by atoms with van der Waals surface area (Å²) in [6.07, 6.45) is 3.44. The molecule has 0 aromatic carbocycles. The van der Waals surface area contributed by atoms with E-state index >= 15 is 0 Å². The fourth-order valence-corrected chi connectivity index (χ4v) is 2.06. The summed E-state index contributed by atoms with van der Waals surface area (Å²) in [6, 6.07) is -0.0681. The van der Waals surface area contributed by atoms with Crippen molar-refractivity contribution in [1.82, 2.24) is 15.3 Å². The summed E-state index contributed by atoms with van der Waals surface area (Å²) in [5, 5.41) is 3.96. The van der Waals surface area contributed by atoms with Gasteiger partial charge in [0.2, 0.25) is 0 Å². The zero-order valence-electron chi connectivity index (χ0n) is 9.69. The number of methoxy groups -OCH3 is 1. The molecule has 0 fully saturated rings. The van der Waals surface area contributed by atoms with Gasteiger partial charge in [-0.05, 0) is 0 Å². The van der Waals surface area contributed by atoms with Crippen LogP contribution in [0.25, 0.3) is 0 Å². The minimum Gasteiger partial charge on any atom is -0.468 e. The van der Waals surface area contributed by atoms with Gasteiger partial charge in [0, 0.05) is 24.2 Å². The summed E-state index contributed by atoms with van der Waals surface area (Å²) in [7, 11) is 1.40. The average molecular weight is 243 g/mol. The van der Waals surface area contributed by atoms with E-state index < -0.39 is 0 Å². The molecular weight excluding hydrogens is 226 g/mol. The number of carbonyl (C=O) groups excluding carboxylic acids is 1. The second-order valence-electron chi connectivity index (χ2n) is 3.60. The molecule has 90 valence electrons. The number of hydrogen-bond acceptors (Lipinski definition) is 5. The van der Waals surface area contributed by atoms with Crippen molar-refractivity contribution in [2.75, 3.05) is 12.9 Å². The molecule has 0 aliphatic heterocycles. The van der Waals surface area contributed by atoms with Gasteiger partial charge in [0.1, 0.15) is 6.04 Å². The highest BCUT2D eigenvalue weighted by atomic mass is 32.2. The van der Waals surface area contributed by atoms with Gasteiger partial charge in [-0.3, -0.25) is 4.79 Å². The Morgan fingerprint density at radius 1 is 1.69 bits per heavy atom. The predicted molar refractivity (Wildman–Crippen MR) is 63.4 cm³/mol. The number of rotatable bonds is 6. The monoisotopic (exact) mass is 243 g/mol. The number of imidazole rings is 1. The Morgan fingerprint density at radius 2 is 2.44 bits per heavy atom. The lowest BCUT2D eigenvalue weighted by Gasteiger charge is -2.17. The zero-order valence-corrected chi connectivity index (χ0v) is 10.5. The molecule has 1 heterocycles. The lowest BCUT2D eigenvalue weighted by molar-refractivity contribution is -0.142. The molecule has 1 rings (SSSR count). The molecule has 6 heteroatoms. The van der Waals surface area contributed by atoms with E-state index in [1.54, 1.807) is 12.4 Å². The highest BCUT2D eigenvalue weighted by Gasteiger charge is 2.20. The summed E-state index contributed by atoms with van der Waals surface area (Å²) in [5.41, 5.74) is 0. The quantitative estimate of drug-likeness (QED) is 0.577. The molecule has 16 heavy (non-hydrogen) atoms. The van der Waals surface area contributed by atoms with Gasteiger partial charge in [-0.2, -0.15) is 0 Å². The van der Waals surface area contributed by atoms with E-state index in [2.05, 4.69) is 15.3 Å². The van der Waals surface area contributed by atoms with Crippen molar-refractivity contribution in [3.05, 3.63) is 12.4 Å². The molecule has 0 saturated heterocycles. The molecule has 0 bridgehead atoms. The number of aromatic amines is 1. The number of H-pyrrole nitrogens is 1. The number of hydrogen-bond donors (Lipinski definition) is 2. The molecule has 0 spiro atoms. The summed E-state index contributed by atoms with van der Waals surface area (Å²) >= 11 is 1.49. The van der Waals surface area contributed by atoms with Gasteiger partial charge >= 0.3 is 5.97 Å². The van der Waals surface area contributed by atoms with Gasteiger partial charge in [0.25, 0.3) is 0 Å². The van der Waals surface area contributed by atoms with Crippen LogP contribution in [-0.2, 0) is 9.53 Å². The Labute approximate surface area is 99.4 Å². The van der Waals surface area contributed by atoms with E-state index in [4.69, 9.17) is 4.74 Å². The van der Waals surface area contributed by atoms with E-state index in [1.807, 2.05) is 13.8 Å². The van der Waals surface area contributed by atoms with E-state index in [9.17, 15) is 4.79 Å². The van der Waals surface area contributed by atoms with Crippen LogP contribution in [0.15, 0.2) is 17.6 Å². The van der Waals surface area contributed by atoms with Crippen molar-refractivity contribution in [3.63, 3.8) is 0 Å². The molecule has 1 aromatic heterocycles. The van der Waals surface area contributed by atoms with Crippen LogP contribution in [0.4, 0.5) is 0 Å². The average Bonchev–Trinajstić information content (AvgIpc) is 2.75. The normalized spacial score (nSPS) is 12.8. The summed E-state index contributed by atoms with van der Waals surface area (Å²) in [4.78, 5) is 18.5. The van der Waals surface area contributed by atoms with Gasteiger partial charge in [0.05, 0.1) is 7.11 Å². The third kappa shape index (κ3) is 4.24. The maximum absolute atomic E-state index is 11.5. The van der Waals surface area contributed by atoms with Crippen molar-refractivity contribution in [1.29, 1.82) is 0 Å². The summed E-state index contributed by atoms with van der Waals surface area (Å²) in [6.45, 7) is 3.99. The first-order valence-electron chi connectivity index (χ1n) is 5.09. The summed E-state index contributed by atoms with van der Waals surface area (Å²) in [5.74, 6) is 0.353. The third-order valence-electron chi connectivity index (χ3n) is 1.88. The number of carbonyl (C=O) groups is 1. The lowest BCUT2D eigenvalue weighted by Crippen LogP contribution is -2.43. The molecule has 1 atom stereocenters. The number of ether oxygens (including phenoxy) is 1. The molecule has 2 N–H and O–H groups in total. The first-order valence-corrected chi connectivity index (χ1v) is 6.08. The molecule has 0 amide bonds. The van der Waals surface area contributed by atoms with Crippen LogP contribution in [0, 0.1) is 0 Å². The number of esters is 1. The van der Waals surface area contributed by atoms with Crippen molar-refractivity contribution in [2.24, 2.45) is 0 Å². The molecule has 1 aromatic rings. The highest BCUT2D eigenvalue weighted by molar-refractivity contribution is 7.99. The van der Waals surface area contributed by atoms with E-state index in [-0.39, 0.29) is 18.1 Å². The minimum absolute atomic E-state index is 0.237. The first-order chi connectivity index (χ1) is 7.63. The van der Waals surface area contributed by atoms with Crippen LogP contribution in [0.1, 0.15) is 13.8 Å². The Balaban J connectivity index is 2.46. The summed E-state index contributed by atoms with van der Waals surface area (Å²) < 4.78 is 4.74. The van der Waals surface area contributed by atoms with E-state index in [0.29, 0.717) is 5.75 Å². The van der Waals surface area contributed by atoms with Gasteiger partial charge in [-0.25, -0.2) is 4.98 Å². The fraction of sp³-hybridized carbons (Fsp3) is 0.600. The van der Waals surface area contributed by atoms with Crippen molar-refractivity contribution < 1.29 is 9.53 Å². The molecule has 1 unspecified atom stereocenters. The largest absolute Gasteiger partial charge is 0.468 e. The number of nitrogens with one attached hydrogen (secondary N) is 2. The molecule has 0 saturated carbocycles. The molecular formula is C10H17N3O2S. The van der Waals surface area contributed by atoms with Crippen LogP contribution in [0.3, 0.4) is 0 Å². The standard InChI is InChI=1S/C10H17N3O2S/c1-7(2)13-8(9(14)15-3)6-16-10-11-4-5-12-10/h4-5,7-8,13H,6H2,1-3H3,(H,11,12). The third-order valence-corrected chi connectivity index (χ3v) is 2.88. The second-order valence-corrected chi connectivity index (χ2v) is 4.61. The fourth-order valence-electron chi connectivity index (χ4n) is 1.22. The zero-order chi connectivity index (χ0) is 12.0. The molecule has 0 radical (unpaired) electrons. The molecule has 5 nitrogen and oxygen atoms in total. The maximum Gasteiger partial charge on any atom is 0.323 e. The Bertz CT molecular complexity index is 314. The molecule has 0 aliphatic carbocycles. The van der Waals surface area contributed by atoms with E-state index in [0.717, 1.165) is 5.16 Å². The Kier molecular flexibility index (Phi) is 5.34. The lowest BCUT2D eigenvalue weighted by atomic mass is 10.3. The van der Waals surface area contributed by atoms with Crippen LogP contribution in [-0.4, -0.2) is 40.9 Å². The minimum atomic E-state index is -0.305. The van der Waals surface area contributed by atoms with Gasteiger partial charge in [0.15, 0.2) is 5.16 Å². The first kappa shape index (κ1) is 13.1. The smallest absolute Gasteiger partial charge is 0.323 e. The number of aromatic nitrogens is 2. The Morgan fingerprint density at radius 3 is 2.94 bits per heavy atom. The van der Waals surface area contributed by atoms with Crippen molar-refractivity contribution in [2.45, 2.75) is 31.1 Å². The van der Waals surface area contributed by atoms with Gasteiger partial charge < -0.3 is 15.0 Å². The number of nitrogens with zero attached hydrogens (tertiary/aromatic N) is 1. The highest BCUT2D eigenvalue weighted by Crippen LogP contribution is 2.13. The van der Waals surface area contributed by atoms with Crippen molar-refractivity contribution in [3.8, 4) is 0 Å². The second kappa shape index (κ2) is 6.55. The molecule has 0 aliphatic rings. The predicted octanol–water partition coefficient (Wildman–Crippen LogP) is 1.04. The van der Waals surface area contributed by atoms with E-state index in [1.165, 1.54) is 18.9 Å². The van der Waals surface area contributed by atoms with Crippen molar-refractivity contribution >= 4 is 17.7 Å². The van der Waals surface area contributed by atoms with Gasteiger partial charge in [-0.1, -0.05) is 25.6 Å². The topological polar surface area (TPSA) is 67.0 Å².